The second-order valence-corrected chi connectivity index (χ2v) is 5.19. The zero-order valence-electron chi connectivity index (χ0n) is 11.9. The fraction of sp³-hybridized carbons (Fsp3) is 0.467. The van der Waals surface area contributed by atoms with E-state index in [0.29, 0.717) is 0 Å². The third kappa shape index (κ3) is 3.81. The molecule has 1 fully saturated rings. The Balaban J connectivity index is 1.99. The Morgan fingerprint density at radius 3 is 2.85 bits per heavy atom. The maximum absolute atomic E-state index is 12.0. The first-order valence-corrected chi connectivity index (χ1v) is 6.97. The molecule has 5 nitrogen and oxygen atoms in total. The molecule has 0 saturated carbocycles. The zero-order valence-corrected chi connectivity index (χ0v) is 11.9. The monoisotopic (exact) mass is 275 g/mol. The molecular weight excluding hydrogens is 254 g/mol. The lowest BCUT2D eigenvalue weighted by Crippen LogP contribution is -2.41. The molecule has 1 aliphatic rings. The van der Waals surface area contributed by atoms with E-state index in [4.69, 9.17) is 0 Å². The van der Waals surface area contributed by atoms with E-state index >= 15 is 0 Å². The normalized spacial score (nSPS) is 19.4. The quantitative estimate of drug-likeness (QED) is 0.781. The summed E-state index contributed by atoms with van der Waals surface area (Å²) in [6.45, 7) is 4.33. The predicted molar refractivity (Wildman–Crippen MR) is 78.3 cm³/mol. The van der Waals surface area contributed by atoms with E-state index in [1.807, 2.05) is 31.2 Å². The molecule has 0 spiro atoms. The van der Waals surface area contributed by atoms with E-state index in [1.165, 1.54) is 6.92 Å². The van der Waals surface area contributed by atoms with E-state index in [1.54, 1.807) is 0 Å². The lowest BCUT2D eigenvalue weighted by atomic mass is 10.1. The highest BCUT2D eigenvalue weighted by Gasteiger charge is 2.23. The van der Waals surface area contributed by atoms with Gasteiger partial charge in [0, 0.05) is 12.6 Å². The van der Waals surface area contributed by atoms with Crippen LogP contribution < -0.4 is 16.0 Å². The van der Waals surface area contributed by atoms with Gasteiger partial charge in [0.15, 0.2) is 0 Å². The third-order valence-electron chi connectivity index (χ3n) is 3.44. The van der Waals surface area contributed by atoms with Crippen LogP contribution >= 0.6 is 0 Å². The second kappa shape index (κ2) is 6.52. The lowest BCUT2D eigenvalue weighted by Gasteiger charge is -2.18. The smallest absolute Gasteiger partial charge is 0.237 e. The molecule has 2 atom stereocenters. The Morgan fingerprint density at radius 1 is 1.40 bits per heavy atom. The van der Waals surface area contributed by atoms with Crippen molar-refractivity contribution in [3.8, 4) is 0 Å². The number of nitrogens with one attached hydrogen (secondary N) is 3. The molecule has 2 rings (SSSR count). The van der Waals surface area contributed by atoms with Gasteiger partial charge in [-0.2, -0.15) is 0 Å². The van der Waals surface area contributed by atoms with Crippen molar-refractivity contribution >= 4 is 17.5 Å². The first kappa shape index (κ1) is 14.5. The molecule has 0 radical (unpaired) electrons. The van der Waals surface area contributed by atoms with Crippen LogP contribution in [0.5, 0.6) is 0 Å². The minimum Gasteiger partial charge on any atom is -0.348 e. The van der Waals surface area contributed by atoms with Crippen molar-refractivity contribution in [3.63, 3.8) is 0 Å². The zero-order chi connectivity index (χ0) is 14.5. The van der Waals surface area contributed by atoms with Crippen LogP contribution in [0.25, 0.3) is 0 Å². The number of amides is 2. The molecule has 1 aromatic rings. The van der Waals surface area contributed by atoms with Crippen LogP contribution in [-0.2, 0) is 9.59 Å². The molecule has 108 valence electrons. The third-order valence-corrected chi connectivity index (χ3v) is 3.44. The van der Waals surface area contributed by atoms with Gasteiger partial charge in [-0.15, -0.1) is 0 Å². The van der Waals surface area contributed by atoms with E-state index < -0.39 is 0 Å². The number of hydrogen-bond donors (Lipinski definition) is 3. The highest BCUT2D eigenvalue weighted by atomic mass is 16.2. The number of anilines is 1. The maximum atomic E-state index is 12.0. The van der Waals surface area contributed by atoms with Gasteiger partial charge in [0.2, 0.25) is 11.8 Å². The Kier molecular flexibility index (Phi) is 4.74. The standard InChI is InChI=1S/C15H21N3O2/c1-10(17-15(20)14-7-4-8-16-14)12-5-3-6-13(9-12)18-11(2)19/h3,5-6,9-10,14,16H,4,7-8H2,1-2H3,(H,17,20)(H,18,19)/t10?,14-/m0/s1. The molecule has 5 heteroatoms. The van der Waals surface area contributed by atoms with Gasteiger partial charge in [-0.1, -0.05) is 12.1 Å². The first-order valence-electron chi connectivity index (χ1n) is 6.97. The molecule has 1 heterocycles. The summed E-state index contributed by atoms with van der Waals surface area (Å²) in [6.07, 6.45) is 1.94. The van der Waals surface area contributed by atoms with Crippen molar-refractivity contribution in [1.82, 2.24) is 10.6 Å². The molecule has 1 saturated heterocycles. The van der Waals surface area contributed by atoms with Gasteiger partial charge in [-0.3, -0.25) is 9.59 Å². The van der Waals surface area contributed by atoms with Crippen molar-refractivity contribution in [2.24, 2.45) is 0 Å². The van der Waals surface area contributed by atoms with E-state index in [-0.39, 0.29) is 23.9 Å². The number of rotatable bonds is 4. The second-order valence-electron chi connectivity index (χ2n) is 5.19. The van der Waals surface area contributed by atoms with E-state index in [2.05, 4.69) is 16.0 Å². The van der Waals surface area contributed by atoms with Crippen molar-refractivity contribution < 1.29 is 9.59 Å². The van der Waals surface area contributed by atoms with Gasteiger partial charge >= 0.3 is 0 Å². The summed E-state index contributed by atoms with van der Waals surface area (Å²) >= 11 is 0. The molecule has 1 aliphatic heterocycles. The van der Waals surface area contributed by atoms with Gasteiger partial charge in [-0.05, 0) is 44.0 Å². The van der Waals surface area contributed by atoms with Crippen LogP contribution in [0.3, 0.4) is 0 Å². The Labute approximate surface area is 119 Å². The average molecular weight is 275 g/mol. The molecule has 20 heavy (non-hydrogen) atoms. The minimum atomic E-state index is -0.103. The van der Waals surface area contributed by atoms with Gasteiger partial charge in [0.25, 0.3) is 0 Å². The Bertz CT molecular complexity index is 496. The average Bonchev–Trinajstić information content (AvgIpc) is 2.92. The highest BCUT2D eigenvalue weighted by molar-refractivity contribution is 5.88. The van der Waals surface area contributed by atoms with Crippen molar-refractivity contribution in [1.29, 1.82) is 0 Å². The number of hydrogen-bond acceptors (Lipinski definition) is 3. The summed E-state index contributed by atoms with van der Waals surface area (Å²) in [5.74, 6) is -0.0612. The van der Waals surface area contributed by atoms with Gasteiger partial charge < -0.3 is 16.0 Å². The van der Waals surface area contributed by atoms with E-state index in [9.17, 15) is 9.59 Å². The summed E-state index contributed by atoms with van der Waals surface area (Å²) < 4.78 is 0. The molecule has 0 aromatic heterocycles. The van der Waals surface area contributed by atoms with Gasteiger partial charge in [-0.25, -0.2) is 0 Å². The lowest BCUT2D eigenvalue weighted by molar-refractivity contribution is -0.123. The minimum absolute atomic E-state index is 0.0416. The highest BCUT2D eigenvalue weighted by Crippen LogP contribution is 2.18. The Hall–Kier alpha value is -1.88. The van der Waals surface area contributed by atoms with Crippen molar-refractivity contribution in [2.45, 2.75) is 38.8 Å². The molecule has 1 unspecified atom stereocenters. The topological polar surface area (TPSA) is 70.2 Å². The molecule has 0 bridgehead atoms. The van der Waals surface area contributed by atoms with Crippen LogP contribution in [0, 0.1) is 0 Å². The van der Waals surface area contributed by atoms with Crippen LogP contribution in [0.15, 0.2) is 24.3 Å². The molecule has 1 aromatic carbocycles. The van der Waals surface area contributed by atoms with Crippen LogP contribution in [0.4, 0.5) is 5.69 Å². The van der Waals surface area contributed by atoms with Crippen LogP contribution in [-0.4, -0.2) is 24.4 Å². The predicted octanol–water partition coefficient (Wildman–Crippen LogP) is 1.57. The molecule has 3 N–H and O–H groups in total. The molecule has 2 amide bonds. The number of benzene rings is 1. The van der Waals surface area contributed by atoms with Crippen LogP contribution in [0.1, 0.15) is 38.3 Å². The summed E-state index contributed by atoms with van der Waals surface area (Å²) in [4.78, 5) is 23.1. The summed E-state index contributed by atoms with van der Waals surface area (Å²) in [5, 5.41) is 8.93. The number of carbonyl (C=O) groups is 2. The van der Waals surface area contributed by atoms with Crippen molar-refractivity contribution in [3.05, 3.63) is 29.8 Å². The summed E-state index contributed by atoms with van der Waals surface area (Å²) in [7, 11) is 0. The largest absolute Gasteiger partial charge is 0.348 e. The van der Waals surface area contributed by atoms with E-state index in [0.717, 1.165) is 30.6 Å². The first-order chi connectivity index (χ1) is 9.56. The van der Waals surface area contributed by atoms with Crippen LogP contribution in [0.2, 0.25) is 0 Å². The number of carbonyl (C=O) groups excluding carboxylic acids is 2. The summed E-state index contributed by atoms with van der Waals surface area (Å²) in [6, 6.07) is 7.37. The molecular formula is C15H21N3O2. The Morgan fingerprint density at radius 2 is 2.20 bits per heavy atom. The van der Waals surface area contributed by atoms with Crippen molar-refractivity contribution in [2.75, 3.05) is 11.9 Å². The summed E-state index contributed by atoms with van der Waals surface area (Å²) in [5.41, 5.74) is 1.72. The maximum Gasteiger partial charge on any atom is 0.237 e. The van der Waals surface area contributed by atoms with Gasteiger partial charge in [0.1, 0.15) is 0 Å². The molecule has 0 aliphatic carbocycles. The fourth-order valence-corrected chi connectivity index (χ4v) is 2.39. The fourth-order valence-electron chi connectivity index (χ4n) is 2.39. The SMILES string of the molecule is CC(=O)Nc1cccc(C(C)NC(=O)[C@@H]2CCCN2)c1. The van der Waals surface area contributed by atoms with Gasteiger partial charge in [0.05, 0.1) is 12.1 Å².